The molecule has 0 aliphatic heterocycles. The van der Waals surface area contributed by atoms with E-state index in [2.05, 4.69) is 39.4 Å². The molecule has 0 saturated carbocycles. The first-order valence-electron chi connectivity index (χ1n) is 11.2. The molecule has 0 aliphatic rings. The van der Waals surface area contributed by atoms with Crippen molar-refractivity contribution in [1.82, 2.24) is 15.0 Å². The third-order valence-corrected chi connectivity index (χ3v) is 6.26. The van der Waals surface area contributed by atoms with Gasteiger partial charge in [-0.2, -0.15) is 0 Å². The highest BCUT2D eigenvalue weighted by atomic mass is 32.2. The molecule has 0 spiro atoms. The summed E-state index contributed by atoms with van der Waals surface area (Å²) in [6, 6.07) is 21.1. The van der Waals surface area contributed by atoms with Crippen molar-refractivity contribution in [3.63, 3.8) is 0 Å². The van der Waals surface area contributed by atoms with Crippen LogP contribution in [0.2, 0.25) is 0 Å². The minimum Gasteiger partial charge on any atom is -0.308 e. The molecule has 6 nitrogen and oxygen atoms in total. The number of pyridine rings is 1. The van der Waals surface area contributed by atoms with Gasteiger partial charge in [-0.3, -0.25) is 0 Å². The van der Waals surface area contributed by atoms with Crippen LogP contribution in [0.1, 0.15) is 38.1 Å². The molecule has 2 N–H and O–H groups in total. The Morgan fingerprint density at radius 2 is 1.56 bits per heavy atom. The summed E-state index contributed by atoms with van der Waals surface area (Å²) < 4.78 is 0. The first kappa shape index (κ1) is 23.4. The second-order valence-corrected chi connectivity index (χ2v) is 9.11. The number of carbonyl (C=O) groups excluding carboxylic acids is 1. The Hall–Kier alpha value is -3.71. The van der Waals surface area contributed by atoms with Crippen LogP contribution in [0.25, 0.3) is 11.3 Å². The predicted molar refractivity (Wildman–Crippen MR) is 138 cm³/mol. The van der Waals surface area contributed by atoms with Crippen LogP contribution in [-0.2, 0) is 6.42 Å². The van der Waals surface area contributed by atoms with Crippen LogP contribution < -0.4 is 10.6 Å². The number of anilines is 2. The van der Waals surface area contributed by atoms with Crippen LogP contribution in [0.15, 0.2) is 89.0 Å². The second kappa shape index (κ2) is 10.9. The summed E-state index contributed by atoms with van der Waals surface area (Å²) in [5, 5.41) is 6.61. The van der Waals surface area contributed by atoms with E-state index in [9.17, 15) is 4.79 Å². The molecule has 0 aliphatic carbocycles. The number of carbonyl (C=O) groups is 1. The van der Waals surface area contributed by atoms with Gasteiger partial charge < -0.3 is 10.6 Å². The van der Waals surface area contributed by atoms with Crippen molar-refractivity contribution in [2.24, 2.45) is 0 Å². The van der Waals surface area contributed by atoms with Crippen LogP contribution in [0.5, 0.6) is 0 Å². The lowest BCUT2D eigenvalue weighted by molar-refractivity contribution is 0.262. The lowest BCUT2D eigenvalue weighted by Crippen LogP contribution is -2.19. The highest BCUT2D eigenvalue weighted by Crippen LogP contribution is 2.34. The van der Waals surface area contributed by atoms with Crippen molar-refractivity contribution >= 4 is 29.2 Å². The smallest absolute Gasteiger partial charge is 0.308 e. The van der Waals surface area contributed by atoms with Crippen LogP contribution in [0.4, 0.5) is 16.2 Å². The first-order chi connectivity index (χ1) is 16.5. The summed E-state index contributed by atoms with van der Waals surface area (Å²) in [5.41, 5.74) is 4.53. The lowest BCUT2D eigenvalue weighted by Gasteiger charge is -2.11. The summed E-state index contributed by atoms with van der Waals surface area (Å²) >= 11 is 1.56. The minimum atomic E-state index is -0.278. The molecule has 0 bridgehead atoms. The maximum atomic E-state index is 12.4. The molecule has 0 fully saturated rings. The molecule has 4 aromatic rings. The van der Waals surface area contributed by atoms with Crippen LogP contribution in [0.3, 0.4) is 0 Å². The quantitative estimate of drug-likeness (QED) is 0.304. The van der Waals surface area contributed by atoms with Gasteiger partial charge in [-0.1, -0.05) is 44.7 Å². The fraction of sp³-hybridized carbons (Fsp3) is 0.185. The number of benzene rings is 2. The van der Waals surface area contributed by atoms with Crippen molar-refractivity contribution in [2.45, 2.75) is 43.0 Å². The van der Waals surface area contributed by atoms with E-state index in [1.807, 2.05) is 73.7 Å². The highest BCUT2D eigenvalue weighted by molar-refractivity contribution is 7.99. The van der Waals surface area contributed by atoms with E-state index in [1.54, 1.807) is 24.2 Å². The summed E-state index contributed by atoms with van der Waals surface area (Å²) in [7, 11) is 0. The molecule has 2 aromatic heterocycles. The zero-order chi connectivity index (χ0) is 23.9. The summed E-state index contributed by atoms with van der Waals surface area (Å²) in [5.74, 6) is 1.26. The Morgan fingerprint density at radius 1 is 0.882 bits per heavy atom. The van der Waals surface area contributed by atoms with E-state index in [1.165, 1.54) is 5.56 Å². The molecule has 172 valence electrons. The molecule has 2 heterocycles. The largest absolute Gasteiger partial charge is 0.323 e. The summed E-state index contributed by atoms with van der Waals surface area (Å²) in [4.78, 5) is 26.9. The number of nitrogens with one attached hydrogen (secondary N) is 2. The lowest BCUT2D eigenvalue weighted by atomic mass is 10.0. The van der Waals surface area contributed by atoms with Gasteiger partial charge in [-0.05, 0) is 66.1 Å². The molecule has 7 heteroatoms. The van der Waals surface area contributed by atoms with Gasteiger partial charge in [0.1, 0.15) is 10.9 Å². The van der Waals surface area contributed by atoms with E-state index in [0.717, 1.165) is 39.1 Å². The average Bonchev–Trinajstić information content (AvgIpc) is 2.86. The molecule has 34 heavy (non-hydrogen) atoms. The van der Waals surface area contributed by atoms with Crippen molar-refractivity contribution in [2.75, 3.05) is 10.6 Å². The van der Waals surface area contributed by atoms with Gasteiger partial charge >= 0.3 is 6.03 Å². The highest BCUT2D eigenvalue weighted by Gasteiger charge is 2.11. The minimum absolute atomic E-state index is 0.278. The third kappa shape index (κ3) is 5.99. The van der Waals surface area contributed by atoms with Gasteiger partial charge in [0.25, 0.3) is 0 Å². The van der Waals surface area contributed by atoms with Gasteiger partial charge in [0.2, 0.25) is 0 Å². The van der Waals surface area contributed by atoms with E-state index < -0.39 is 0 Å². The molecule has 0 unspecified atom stereocenters. The number of aryl methyl sites for hydroxylation is 1. The molecular formula is C27H27N5OS. The predicted octanol–water partition coefficient (Wildman–Crippen LogP) is 7.02. The number of hydrogen-bond donors (Lipinski definition) is 2. The van der Waals surface area contributed by atoms with Crippen LogP contribution >= 0.6 is 11.8 Å². The molecule has 0 atom stereocenters. The molecular weight excluding hydrogens is 442 g/mol. The monoisotopic (exact) mass is 469 g/mol. The molecule has 0 saturated heterocycles. The zero-order valence-electron chi connectivity index (χ0n) is 19.4. The van der Waals surface area contributed by atoms with Gasteiger partial charge in [-0.25, -0.2) is 19.7 Å². The van der Waals surface area contributed by atoms with Crippen molar-refractivity contribution in [1.29, 1.82) is 0 Å². The zero-order valence-corrected chi connectivity index (χ0v) is 20.3. The standard InChI is InChI=1S/C27H27N5OS/c1-4-25-28-17-15-24(32-25)23-6-5-16-29-26(23)34-22-13-11-21(12-14-22)31-27(33)30-20-9-7-19(8-10-20)18(2)3/h5-18H,4H2,1-3H3,(H2,30,31,33). The number of hydrogen-bond acceptors (Lipinski definition) is 5. The Labute approximate surface area is 204 Å². The fourth-order valence-corrected chi connectivity index (χ4v) is 4.24. The van der Waals surface area contributed by atoms with Gasteiger partial charge in [-0.15, -0.1) is 0 Å². The topological polar surface area (TPSA) is 79.8 Å². The van der Waals surface area contributed by atoms with Gasteiger partial charge in [0.15, 0.2) is 0 Å². The van der Waals surface area contributed by atoms with Gasteiger partial charge in [0, 0.05) is 40.6 Å². The Morgan fingerprint density at radius 3 is 2.21 bits per heavy atom. The second-order valence-electron chi connectivity index (χ2n) is 8.05. The summed E-state index contributed by atoms with van der Waals surface area (Å²) in [6.07, 6.45) is 4.34. The maximum absolute atomic E-state index is 12.4. The van der Waals surface area contributed by atoms with Crippen molar-refractivity contribution in [3.8, 4) is 11.3 Å². The normalized spacial score (nSPS) is 10.8. The number of amides is 2. The van der Waals surface area contributed by atoms with E-state index in [4.69, 9.17) is 0 Å². The van der Waals surface area contributed by atoms with Crippen molar-refractivity contribution < 1.29 is 4.79 Å². The van der Waals surface area contributed by atoms with Gasteiger partial charge in [0.05, 0.1) is 5.69 Å². The number of urea groups is 1. The Balaban J connectivity index is 1.41. The SMILES string of the molecule is CCc1nccc(-c2cccnc2Sc2ccc(NC(=O)Nc3ccc(C(C)C)cc3)cc2)n1. The number of aromatic nitrogens is 3. The summed E-state index contributed by atoms with van der Waals surface area (Å²) in [6.45, 7) is 6.32. The Bertz CT molecular complexity index is 1260. The fourth-order valence-electron chi connectivity index (χ4n) is 3.35. The Kier molecular flexibility index (Phi) is 7.54. The third-order valence-electron chi connectivity index (χ3n) is 5.23. The number of nitrogens with zero attached hydrogens (tertiary/aromatic N) is 3. The molecule has 2 amide bonds. The maximum Gasteiger partial charge on any atom is 0.323 e. The van der Waals surface area contributed by atoms with E-state index in [-0.39, 0.29) is 6.03 Å². The van der Waals surface area contributed by atoms with E-state index in [0.29, 0.717) is 11.6 Å². The molecule has 4 rings (SSSR count). The average molecular weight is 470 g/mol. The molecule has 0 radical (unpaired) electrons. The van der Waals surface area contributed by atoms with Crippen LogP contribution in [0, 0.1) is 0 Å². The van der Waals surface area contributed by atoms with E-state index >= 15 is 0 Å². The number of rotatable bonds is 7. The van der Waals surface area contributed by atoms with Crippen molar-refractivity contribution in [3.05, 3.63) is 90.5 Å². The first-order valence-corrected chi connectivity index (χ1v) is 12.1. The molecule has 2 aromatic carbocycles. The van der Waals surface area contributed by atoms with Crippen LogP contribution in [-0.4, -0.2) is 21.0 Å².